The minimum absolute atomic E-state index is 0.178. The summed E-state index contributed by atoms with van der Waals surface area (Å²) in [6.07, 6.45) is 0. The molecule has 0 aliphatic carbocycles. The number of para-hydroxylation sites is 1. The van der Waals surface area contributed by atoms with E-state index in [9.17, 15) is 18.1 Å². The maximum absolute atomic E-state index is 10.4. The lowest BCUT2D eigenvalue weighted by Gasteiger charge is -2.08. The van der Waals surface area contributed by atoms with Crippen molar-refractivity contribution < 1.29 is 18.1 Å². The molecule has 1 N–H and O–H groups in total. The SMILES string of the molecule is Cc1ccc(S(=O)(=O)[O-])cc1.Oc1ccccc1[S+](c1ccccc1)c1ccccc1. The smallest absolute Gasteiger partial charge is 0.208 e. The van der Waals surface area contributed by atoms with Gasteiger partial charge in [-0.05, 0) is 55.5 Å². The average Bonchev–Trinajstić information content (AvgIpc) is 2.77. The van der Waals surface area contributed by atoms with Crippen LogP contribution in [0.25, 0.3) is 0 Å². The first kappa shape index (κ1) is 22.6. The van der Waals surface area contributed by atoms with Crippen molar-refractivity contribution in [3.63, 3.8) is 0 Å². The molecule has 6 heteroatoms. The van der Waals surface area contributed by atoms with Crippen LogP contribution < -0.4 is 0 Å². The van der Waals surface area contributed by atoms with Crippen LogP contribution in [0.5, 0.6) is 5.75 Å². The molecule has 0 aliphatic rings. The maximum Gasteiger partial charge on any atom is 0.208 e. The van der Waals surface area contributed by atoms with Crippen LogP contribution in [0, 0.1) is 6.92 Å². The highest BCUT2D eigenvalue weighted by atomic mass is 32.2. The summed E-state index contributed by atoms with van der Waals surface area (Å²) >= 11 is 0. The van der Waals surface area contributed by atoms with E-state index in [1.54, 1.807) is 18.2 Å². The standard InChI is InChI=1S/C18H14OS.C7H8O3S/c19-17-13-7-8-14-18(17)20(15-9-3-1-4-10-15)16-11-5-2-6-12-16;1-6-2-4-7(5-3-6)11(8,9)10/h1-14H;2-5H,1H3,(H,8,9,10). The molecule has 0 unspecified atom stereocenters. The number of aryl methyl sites for hydroxylation is 1. The van der Waals surface area contributed by atoms with Gasteiger partial charge in [0.25, 0.3) is 0 Å². The minimum Gasteiger partial charge on any atom is -0.744 e. The van der Waals surface area contributed by atoms with Crippen LogP contribution in [-0.4, -0.2) is 18.1 Å². The van der Waals surface area contributed by atoms with Gasteiger partial charge in [0.05, 0.1) is 4.90 Å². The Balaban J connectivity index is 0.000000210. The fourth-order valence-electron chi connectivity index (χ4n) is 2.84. The molecule has 0 spiro atoms. The van der Waals surface area contributed by atoms with Crippen LogP contribution in [0.1, 0.15) is 5.56 Å². The molecule has 0 amide bonds. The summed E-state index contributed by atoms with van der Waals surface area (Å²) in [6, 6.07) is 34.0. The van der Waals surface area contributed by atoms with Gasteiger partial charge in [-0.1, -0.05) is 66.2 Å². The quantitative estimate of drug-likeness (QED) is 0.334. The minimum atomic E-state index is -4.27. The summed E-state index contributed by atoms with van der Waals surface area (Å²) in [5.41, 5.74) is 0.928. The summed E-state index contributed by atoms with van der Waals surface area (Å²) in [4.78, 5) is 3.20. The Bertz CT molecular complexity index is 1170. The highest BCUT2D eigenvalue weighted by Gasteiger charge is 2.30. The van der Waals surface area contributed by atoms with Crippen LogP contribution >= 0.6 is 0 Å². The molecule has 31 heavy (non-hydrogen) atoms. The molecule has 0 heterocycles. The van der Waals surface area contributed by atoms with Gasteiger partial charge in [0, 0.05) is 0 Å². The molecule has 4 aromatic rings. The third-order valence-corrected chi connectivity index (χ3v) is 7.47. The first-order chi connectivity index (χ1) is 14.9. The van der Waals surface area contributed by atoms with E-state index in [4.69, 9.17) is 0 Å². The topological polar surface area (TPSA) is 77.4 Å². The lowest BCUT2D eigenvalue weighted by molar-refractivity contribution is 0.461. The zero-order valence-corrected chi connectivity index (χ0v) is 18.5. The van der Waals surface area contributed by atoms with E-state index in [1.165, 1.54) is 21.9 Å². The summed E-state index contributed by atoms with van der Waals surface area (Å²) in [5, 5.41) is 10.2. The number of benzene rings is 4. The number of hydrogen-bond acceptors (Lipinski definition) is 4. The van der Waals surface area contributed by atoms with Gasteiger partial charge in [0.15, 0.2) is 15.5 Å². The molecular formula is C25H22O4S2. The molecule has 0 bridgehead atoms. The van der Waals surface area contributed by atoms with Gasteiger partial charge in [0.1, 0.15) is 21.0 Å². The second-order valence-corrected chi connectivity index (χ2v) is 10.0. The van der Waals surface area contributed by atoms with Crippen molar-refractivity contribution in [1.29, 1.82) is 0 Å². The second-order valence-electron chi connectivity index (χ2n) is 6.67. The Morgan fingerprint density at radius 2 is 1.13 bits per heavy atom. The van der Waals surface area contributed by atoms with Gasteiger partial charge in [-0.3, -0.25) is 0 Å². The Morgan fingerprint density at radius 3 is 1.58 bits per heavy atom. The lowest BCUT2D eigenvalue weighted by Crippen LogP contribution is -2.04. The zero-order valence-electron chi connectivity index (χ0n) is 16.9. The molecule has 0 fully saturated rings. The van der Waals surface area contributed by atoms with Gasteiger partial charge in [-0.25, -0.2) is 8.42 Å². The van der Waals surface area contributed by atoms with Crippen LogP contribution in [-0.2, 0) is 21.0 Å². The van der Waals surface area contributed by atoms with E-state index in [0.717, 1.165) is 10.5 Å². The largest absolute Gasteiger partial charge is 0.744 e. The summed E-state index contributed by atoms with van der Waals surface area (Å²) in [5.74, 6) is 0.350. The summed E-state index contributed by atoms with van der Waals surface area (Å²) in [7, 11) is -4.55. The van der Waals surface area contributed by atoms with Crippen molar-refractivity contribution in [3.05, 3.63) is 115 Å². The van der Waals surface area contributed by atoms with Crippen LogP contribution in [0.15, 0.2) is 129 Å². The van der Waals surface area contributed by atoms with Gasteiger partial charge >= 0.3 is 0 Å². The normalized spacial score (nSPS) is 10.9. The zero-order chi connectivity index (χ0) is 22.3. The molecule has 4 rings (SSSR count). The fraction of sp³-hybridized carbons (Fsp3) is 0.0400. The number of rotatable bonds is 4. The lowest BCUT2D eigenvalue weighted by atomic mass is 10.2. The molecule has 0 aromatic heterocycles. The van der Waals surface area contributed by atoms with Gasteiger partial charge in [-0.2, -0.15) is 0 Å². The Morgan fingerprint density at radius 1 is 0.677 bits per heavy atom. The Labute approximate surface area is 185 Å². The molecule has 0 saturated heterocycles. The average molecular weight is 451 g/mol. The van der Waals surface area contributed by atoms with Gasteiger partial charge in [-0.15, -0.1) is 0 Å². The Hall–Kier alpha value is -3.06. The van der Waals surface area contributed by atoms with E-state index in [1.807, 2.05) is 61.5 Å². The first-order valence-electron chi connectivity index (χ1n) is 9.51. The van der Waals surface area contributed by atoms with Crippen molar-refractivity contribution in [1.82, 2.24) is 0 Å². The summed E-state index contributed by atoms with van der Waals surface area (Å²) in [6.45, 7) is 1.82. The van der Waals surface area contributed by atoms with Crippen molar-refractivity contribution >= 4 is 21.0 Å². The van der Waals surface area contributed by atoms with Gasteiger partial charge in [0.2, 0.25) is 4.90 Å². The predicted octanol–water partition coefficient (Wildman–Crippen LogP) is 5.39. The highest BCUT2D eigenvalue weighted by molar-refractivity contribution is 7.97. The van der Waals surface area contributed by atoms with Gasteiger partial charge < -0.3 is 9.66 Å². The van der Waals surface area contributed by atoms with Crippen molar-refractivity contribution in [3.8, 4) is 5.75 Å². The number of hydrogen-bond donors (Lipinski definition) is 1. The fourth-order valence-corrected chi connectivity index (χ4v) is 5.44. The number of phenols is 1. The summed E-state index contributed by atoms with van der Waals surface area (Å²) < 4.78 is 31.2. The maximum atomic E-state index is 10.4. The third-order valence-electron chi connectivity index (χ3n) is 4.35. The van der Waals surface area contributed by atoms with Crippen LogP contribution in [0.2, 0.25) is 0 Å². The first-order valence-corrected chi connectivity index (χ1v) is 12.1. The van der Waals surface area contributed by atoms with Crippen LogP contribution in [0.3, 0.4) is 0 Å². The van der Waals surface area contributed by atoms with Crippen molar-refractivity contribution in [2.24, 2.45) is 0 Å². The number of aromatic hydroxyl groups is 1. The number of phenolic OH excluding ortho intramolecular Hbond substituents is 1. The van der Waals surface area contributed by atoms with E-state index in [0.29, 0.717) is 5.75 Å². The van der Waals surface area contributed by atoms with E-state index >= 15 is 0 Å². The Kier molecular flexibility index (Phi) is 7.52. The third kappa shape index (κ3) is 6.21. The molecule has 0 aliphatic heterocycles. The molecule has 4 nitrogen and oxygen atoms in total. The van der Waals surface area contributed by atoms with E-state index < -0.39 is 10.1 Å². The molecule has 0 atom stereocenters. The predicted molar refractivity (Wildman–Crippen MR) is 122 cm³/mol. The van der Waals surface area contributed by atoms with Crippen molar-refractivity contribution in [2.75, 3.05) is 0 Å². The highest BCUT2D eigenvalue weighted by Crippen LogP contribution is 2.35. The van der Waals surface area contributed by atoms with Crippen molar-refractivity contribution in [2.45, 2.75) is 26.5 Å². The molecule has 4 aromatic carbocycles. The van der Waals surface area contributed by atoms with E-state index in [-0.39, 0.29) is 15.8 Å². The molecule has 0 radical (unpaired) electrons. The second kappa shape index (κ2) is 10.3. The molecule has 158 valence electrons. The molecular weight excluding hydrogens is 428 g/mol. The monoisotopic (exact) mass is 450 g/mol. The van der Waals surface area contributed by atoms with E-state index in [2.05, 4.69) is 24.3 Å². The van der Waals surface area contributed by atoms with Crippen LogP contribution in [0.4, 0.5) is 0 Å². The molecule has 0 saturated carbocycles.